The fourth-order valence-electron chi connectivity index (χ4n) is 5.93. The first-order valence-electron chi connectivity index (χ1n) is 11.5. The Kier molecular flexibility index (Phi) is 6.22. The quantitative estimate of drug-likeness (QED) is 0.659. The number of sulfonamides is 1. The van der Waals surface area contributed by atoms with Gasteiger partial charge in [0.25, 0.3) is 5.91 Å². The lowest BCUT2D eigenvalue weighted by molar-refractivity contribution is 0.0938. The first-order chi connectivity index (χ1) is 15.4. The molecule has 0 spiro atoms. The minimum atomic E-state index is -3.69. The number of amides is 1. The summed E-state index contributed by atoms with van der Waals surface area (Å²) >= 11 is 0. The maximum absolute atomic E-state index is 13.6. The topological polar surface area (TPSA) is 82.9 Å². The van der Waals surface area contributed by atoms with E-state index in [2.05, 4.69) is 26.1 Å². The number of rotatable bonds is 7. The Morgan fingerprint density at radius 1 is 1.21 bits per heavy atom. The number of carbonyl (C=O) groups excluding carboxylic acids is 1. The van der Waals surface area contributed by atoms with Crippen LogP contribution in [-0.2, 0) is 10.0 Å². The molecule has 180 valence electrons. The summed E-state index contributed by atoms with van der Waals surface area (Å²) < 4.78 is 34.4. The van der Waals surface area contributed by atoms with Gasteiger partial charge in [-0.2, -0.15) is 4.31 Å². The molecule has 2 aromatic rings. The van der Waals surface area contributed by atoms with Crippen LogP contribution in [0.4, 0.5) is 0 Å². The minimum Gasteiger partial charge on any atom is -0.468 e. The van der Waals surface area contributed by atoms with Crippen molar-refractivity contribution in [1.29, 1.82) is 0 Å². The number of hydrogen-bond donors (Lipinski definition) is 1. The molecule has 0 radical (unpaired) electrons. The summed E-state index contributed by atoms with van der Waals surface area (Å²) in [7, 11) is 0.147. The van der Waals surface area contributed by atoms with Crippen molar-refractivity contribution in [2.24, 2.45) is 10.8 Å². The van der Waals surface area contributed by atoms with Crippen LogP contribution in [0.15, 0.2) is 52.0 Å². The van der Waals surface area contributed by atoms with E-state index in [1.54, 1.807) is 28.8 Å². The Balaban J connectivity index is 1.51. The number of nitrogens with zero attached hydrogens (tertiary/aromatic N) is 2. The van der Waals surface area contributed by atoms with Crippen molar-refractivity contribution >= 4 is 15.9 Å². The van der Waals surface area contributed by atoms with Crippen LogP contribution in [0.5, 0.6) is 0 Å². The van der Waals surface area contributed by atoms with Crippen LogP contribution in [0.1, 0.15) is 62.2 Å². The molecule has 1 saturated carbocycles. The fraction of sp³-hybridized carbons (Fsp3) is 0.560. The number of nitrogens with one attached hydrogen (secondary N) is 1. The summed E-state index contributed by atoms with van der Waals surface area (Å²) in [6.45, 7) is 7.52. The second-order valence-corrected chi connectivity index (χ2v) is 12.9. The zero-order valence-electron chi connectivity index (χ0n) is 20.2. The average molecular weight is 474 g/mol. The smallest absolute Gasteiger partial charge is 0.251 e. The van der Waals surface area contributed by atoms with Gasteiger partial charge in [-0.05, 0) is 74.5 Å². The summed E-state index contributed by atoms with van der Waals surface area (Å²) in [4.78, 5) is 15.0. The molecule has 1 aromatic heterocycles. The van der Waals surface area contributed by atoms with E-state index in [-0.39, 0.29) is 33.7 Å². The minimum absolute atomic E-state index is 0.00150. The Morgan fingerprint density at radius 2 is 1.97 bits per heavy atom. The molecular weight excluding hydrogens is 438 g/mol. The van der Waals surface area contributed by atoms with E-state index in [1.807, 2.05) is 31.1 Å². The van der Waals surface area contributed by atoms with Gasteiger partial charge in [-0.1, -0.05) is 26.8 Å². The molecule has 2 aliphatic rings. The van der Waals surface area contributed by atoms with Gasteiger partial charge in [0, 0.05) is 24.7 Å². The number of benzene rings is 1. The van der Waals surface area contributed by atoms with Gasteiger partial charge in [-0.3, -0.25) is 9.69 Å². The third-order valence-corrected chi connectivity index (χ3v) is 8.91. The number of fused-ring (bicyclic) bond motifs is 2. The standard InChI is InChI=1S/C25H35N3O4S/c1-24(2)13-19-14-25(3,16-24)17-28(19)33(30,31)20-9-6-8-18(12-20)23(29)26-15-21(27(4)5)22-10-7-11-32-22/h6-12,19,21H,13-17H2,1-5H3,(H,26,29)/t19-,21+,25-/m1/s1. The van der Waals surface area contributed by atoms with Crippen molar-refractivity contribution in [3.63, 3.8) is 0 Å². The van der Waals surface area contributed by atoms with Crippen molar-refractivity contribution in [1.82, 2.24) is 14.5 Å². The molecule has 33 heavy (non-hydrogen) atoms. The third-order valence-electron chi connectivity index (χ3n) is 7.02. The molecule has 2 bridgehead atoms. The maximum atomic E-state index is 13.6. The molecule has 1 aromatic carbocycles. The zero-order valence-corrected chi connectivity index (χ0v) is 21.0. The Morgan fingerprint density at radius 3 is 2.64 bits per heavy atom. The highest BCUT2D eigenvalue weighted by Gasteiger charge is 2.53. The third kappa shape index (κ3) is 4.88. The van der Waals surface area contributed by atoms with Gasteiger partial charge >= 0.3 is 0 Å². The van der Waals surface area contributed by atoms with E-state index >= 15 is 0 Å². The summed E-state index contributed by atoms with van der Waals surface area (Å²) in [6, 6.07) is 9.96. The van der Waals surface area contributed by atoms with Crippen LogP contribution in [0, 0.1) is 10.8 Å². The molecular formula is C25H35N3O4S. The van der Waals surface area contributed by atoms with Crippen molar-refractivity contribution < 1.29 is 17.6 Å². The highest BCUT2D eigenvalue weighted by atomic mass is 32.2. The van der Waals surface area contributed by atoms with Crippen LogP contribution in [-0.4, -0.2) is 56.8 Å². The molecule has 8 heteroatoms. The summed E-state index contributed by atoms with van der Waals surface area (Å²) in [6.07, 6.45) is 4.39. The summed E-state index contributed by atoms with van der Waals surface area (Å²) in [5.74, 6) is 0.451. The molecule has 1 N–H and O–H groups in total. The van der Waals surface area contributed by atoms with Crippen LogP contribution < -0.4 is 5.32 Å². The normalized spacial score (nSPS) is 25.8. The van der Waals surface area contributed by atoms with Crippen molar-refractivity contribution in [2.45, 2.75) is 57.0 Å². The number of likely N-dealkylation sites (N-methyl/N-ethyl adjacent to an activating group) is 1. The number of hydrogen-bond acceptors (Lipinski definition) is 5. The summed E-state index contributed by atoms with van der Waals surface area (Å²) in [5, 5.41) is 2.92. The van der Waals surface area contributed by atoms with E-state index in [9.17, 15) is 13.2 Å². The van der Waals surface area contributed by atoms with Crippen LogP contribution in [0.3, 0.4) is 0 Å². The SMILES string of the molecule is CN(C)[C@@H](CNC(=O)c1cccc(S(=O)(=O)N2C[C@]3(C)C[C@H]2CC(C)(C)C3)c1)c1ccco1. The van der Waals surface area contributed by atoms with Crippen LogP contribution >= 0.6 is 0 Å². The molecule has 1 aliphatic heterocycles. The predicted octanol–water partition coefficient (Wildman–Crippen LogP) is 3.90. The Hall–Kier alpha value is -2.16. The second-order valence-electron chi connectivity index (χ2n) is 11.0. The highest BCUT2D eigenvalue weighted by molar-refractivity contribution is 7.89. The Bertz CT molecular complexity index is 1110. The lowest BCUT2D eigenvalue weighted by atomic mass is 9.65. The van der Waals surface area contributed by atoms with Gasteiger partial charge in [0.05, 0.1) is 17.2 Å². The predicted molar refractivity (Wildman–Crippen MR) is 127 cm³/mol. The van der Waals surface area contributed by atoms with Gasteiger partial charge < -0.3 is 9.73 Å². The molecule has 1 aliphatic carbocycles. The van der Waals surface area contributed by atoms with Crippen molar-refractivity contribution in [3.05, 3.63) is 54.0 Å². The molecule has 4 rings (SSSR count). The molecule has 2 fully saturated rings. The van der Waals surface area contributed by atoms with Crippen LogP contribution in [0.2, 0.25) is 0 Å². The maximum Gasteiger partial charge on any atom is 0.251 e. The first-order valence-corrected chi connectivity index (χ1v) is 12.9. The molecule has 1 amide bonds. The van der Waals surface area contributed by atoms with Crippen LogP contribution in [0.25, 0.3) is 0 Å². The molecule has 0 unspecified atom stereocenters. The van der Waals surface area contributed by atoms with E-state index < -0.39 is 10.0 Å². The lowest BCUT2D eigenvalue weighted by Gasteiger charge is -2.39. The van der Waals surface area contributed by atoms with Gasteiger partial charge in [-0.15, -0.1) is 0 Å². The second kappa shape index (κ2) is 8.56. The molecule has 2 heterocycles. The van der Waals surface area contributed by atoms with Gasteiger partial charge in [0.2, 0.25) is 10.0 Å². The van der Waals surface area contributed by atoms with Gasteiger partial charge in [-0.25, -0.2) is 8.42 Å². The van der Waals surface area contributed by atoms with Crippen molar-refractivity contribution in [3.8, 4) is 0 Å². The van der Waals surface area contributed by atoms with Gasteiger partial charge in [0.1, 0.15) is 5.76 Å². The van der Waals surface area contributed by atoms with Gasteiger partial charge in [0.15, 0.2) is 0 Å². The van der Waals surface area contributed by atoms with E-state index in [1.165, 1.54) is 6.07 Å². The monoisotopic (exact) mass is 473 g/mol. The van der Waals surface area contributed by atoms with Crippen molar-refractivity contribution in [2.75, 3.05) is 27.2 Å². The molecule has 1 saturated heterocycles. The van der Waals surface area contributed by atoms with E-state index in [4.69, 9.17) is 4.42 Å². The van der Waals surface area contributed by atoms with E-state index in [0.29, 0.717) is 18.7 Å². The fourth-order valence-corrected chi connectivity index (χ4v) is 7.75. The van der Waals surface area contributed by atoms with E-state index in [0.717, 1.165) is 25.0 Å². The number of furan rings is 1. The lowest BCUT2D eigenvalue weighted by Crippen LogP contribution is -2.38. The Labute approximate surface area is 197 Å². The zero-order chi connectivity index (χ0) is 24.0. The highest BCUT2D eigenvalue weighted by Crippen LogP contribution is 2.53. The molecule has 7 nitrogen and oxygen atoms in total. The largest absolute Gasteiger partial charge is 0.468 e. The molecule has 3 atom stereocenters. The summed E-state index contributed by atoms with van der Waals surface area (Å²) in [5.41, 5.74) is 0.462. The first kappa shape index (κ1) is 24.0. The number of carbonyl (C=O) groups is 1. The average Bonchev–Trinajstić information content (AvgIpc) is 3.33.